The summed E-state index contributed by atoms with van der Waals surface area (Å²) < 4.78 is 3.82. The summed E-state index contributed by atoms with van der Waals surface area (Å²) >= 11 is 3.69. The van der Waals surface area contributed by atoms with E-state index in [9.17, 15) is 0 Å². The molecule has 1 heterocycles. The van der Waals surface area contributed by atoms with E-state index in [4.69, 9.17) is 0 Å². The number of rotatable bonds is 1. The van der Waals surface area contributed by atoms with Crippen molar-refractivity contribution < 1.29 is 0 Å². The Kier molecular flexibility index (Phi) is 3.15. The van der Waals surface area contributed by atoms with E-state index in [1.165, 1.54) is 32.7 Å². The molecule has 0 amide bonds. The zero-order chi connectivity index (χ0) is 14.4. The molecule has 1 aromatic carbocycles. The van der Waals surface area contributed by atoms with Crippen molar-refractivity contribution in [3.05, 3.63) is 63.4 Å². The summed E-state index contributed by atoms with van der Waals surface area (Å²) in [6.45, 7) is 2.34. The summed E-state index contributed by atoms with van der Waals surface area (Å²) in [5.74, 6) is 0.572. The summed E-state index contributed by atoms with van der Waals surface area (Å²) in [7, 11) is 0. The Morgan fingerprint density at radius 3 is 2.71 bits per heavy atom. The number of hydrogen-bond donors (Lipinski definition) is 0. The molecule has 0 fully saturated rings. The van der Waals surface area contributed by atoms with Crippen LogP contribution in [0.3, 0.4) is 0 Å². The van der Waals surface area contributed by atoms with E-state index in [0.29, 0.717) is 5.92 Å². The van der Waals surface area contributed by atoms with Gasteiger partial charge in [-0.1, -0.05) is 53.2 Å². The molecule has 1 unspecified atom stereocenters. The molecule has 2 heteroatoms. The second kappa shape index (κ2) is 5.03. The molecule has 0 aliphatic heterocycles. The normalized spacial score (nSPS) is 19.9. The van der Waals surface area contributed by atoms with Crippen LogP contribution < -0.4 is 0 Å². The molecular weight excluding hydrogens is 322 g/mol. The molecule has 0 radical (unpaired) electrons. The molecule has 0 bridgehead atoms. The predicted molar refractivity (Wildman–Crippen MR) is 93.1 cm³/mol. The lowest BCUT2D eigenvalue weighted by atomic mass is 9.91. The Morgan fingerprint density at radius 1 is 1.10 bits per heavy atom. The first-order chi connectivity index (χ1) is 10.3. The quantitative estimate of drug-likeness (QED) is 0.629. The predicted octanol–water partition coefficient (Wildman–Crippen LogP) is 5.68. The van der Waals surface area contributed by atoms with Crippen LogP contribution in [0.1, 0.15) is 48.2 Å². The van der Waals surface area contributed by atoms with E-state index in [1.54, 1.807) is 0 Å². The maximum Gasteiger partial charge on any atom is 0.0455 e. The zero-order valence-corrected chi connectivity index (χ0v) is 13.7. The number of para-hydroxylation sites is 1. The summed E-state index contributed by atoms with van der Waals surface area (Å²) in [5, 5.41) is 0. The molecule has 1 aromatic heterocycles. The van der Waals surface area contributed by atoms with Crippen molar-refractivity contribution in [1.29, 1.82) is 0 Å². The Labute approximate surface area is 134 Å². The Hall–Kier alpha value is -1.54. The van der Waals surface area contributed by atoms with Crippen LogP contribution in [0.5, 0.6) is 0 Å². The van der Waals surface area contributed by atoms with Crippen LogP contribution >= 0.6 is 15.9 Å². The van der Waals surface area contributed by atoms with Crippen LogP contribution in [-0.2, 0) is 6.42 Å². The van der Waals surface area contributed by atoms with Crippen molar-refractivity contribution in [2.75, 3.05) is 0 Å². The fourth-order valence-corrected chi connectivity index (χ4v) is 4.02. The molecule has 4 rings (SSSR count). The van der Waals surface area contributed by atoms with E-state index in [0.717, 1.165) is 19.3 Å². The highest BCUT2D eigenvalue weighted by Gasteiger charge is 2.27. The Bertz CT molecular complexity index is 750. The number of fused-ring (bicyclic) bond motifs is 3. The van der Waals surface area contributed by atoms with E-state index in [1.807, 2.05) is 0 Å². The molecule has 1 atom stereocenters. The molecular formula is C19H18BrN. The van der Waals surface area contributed by atoms with Gasteiger partial charge in [0.15, 0.2) is 0 Å². The van der Waals surface area contributed by atoms with Gasteiger partial charge < -0.3 is 4.57 Å². The Morgan fingerprint density at radius 2 is 1.90 bits per heavy atom. The highest BCUT2D eigenvalue weighted by molar-refractivity contribution is 9.11. The molecule has 2 aliphatic carbocycles. The molecule has 21 heavy (non-hydrogen) atoms. The molecule has 0 saturated heterocycles. The maximum atomic E-state index is 3.69. The lowest BCUT2D eigenvalue weighted by Gasteiger charge is -2.20. The van der Waals surface area contributed by atoms with Crippen molar-refractivity contribution in [2.45, 2.75) is 32.1 Å². The van der Waals surface area contributed by atoms with Crippen LogP contribution in [0.25, 0.3) is 17.8 Å². The lowest BCUT2D eigenvalue weighted by molar-refractivity contribution is 0.703. The van der Waals surface area contributed by atoms with E-state index in [2.05, 4.69) is 76.0 Å². The van der Waals surface area contributed by atoms with Crippen LogP contribution in [0, 0.1) is 0 Å². The van der Waals surface area contributed by atoms with E-state index >= 15 is 0 Å². The third-order valence-electron chi connectivity index (χ3n) is 4.54. The SMILES string of the molecule is CC1CC=Cc2c3c(n(-c4ccccc4)c21)CCC(Br)=C3. The van der Waals surface area contributed by atoms with Crippen molar-refractivity contribution in [1.82, 2.24) is 4.57 Å². The first-order valence-corrected chi connectivity index (χ1v) is 8.40. The van der Waals surface area contributed by atoms with Gasteiger partial charge in [0.25, 0.3) is 0 Å². The molecule has 1 nitrogen and oxygen atoms in total. The van der Waals surface area contributed by atoms with Crippen LogP contribution in [0.15, 0.2) is 40.9 Å². The monoisotopic (exact) mass is 339 g/mol. The second-order valence-corrected chi connectivity index (χ2v) is 6.98. The fraction of sp³-hybridized carbons (Fsp3) is 0.263. The van der Waals surface area contributed by atoms with Gasteiger partial charge >= 0.3 is 0 Å². The highest BCUT2D eigenvalue weighted by Crippen LogP contribution is 2.41. The maximum absolute atomic E-state index is 3.69. The molecule has 0 spiro atoms. The standard InChI is InChI=1S/C19H18BrN/c1-13-6-5-9-16-17-12-14(20)10-11-18(17)21(19(13)16)15-7-3-2-4-8-15/h2-5,7-9,12-13H,6,10-11H2,1H3. The average molecular weight is 340 g/mol. The summed E-state index contributed by atoms with van der Waals surface area (Å²) in [4.78, 5) is 0. The van der Waals surface area contributed by atoms with Crippen molar-refractivity contribution in [3.8, 4) is 5.69 Å². The van der Waals surface area contributed by atoms with Crippen molar-refractivity contribution >= 4 is 28.1 Å². The van der Waals surface area contributed by atoms with E-state index < -0.39 is 0 Å². The van der Waals surface area contributed by atoms with Crippen molar-refractivity contribution in [2.24, 2.45) is 0 Å². The van der Waals surface area contributed by atoms with Gasteiger partial charge in [0.1, 0.15) is 0 Å². The molecule has 2 aromatic rings. The minimum atomic E-state index is 0.572. The number of hydrogen-bond acceptors (Lipinski definition) is 0. The Balaban J connectivity index is 2.05. The molecule has 2 aliphatic rings. The largest absolute Gasteiger partial charge is 0.316 e. The van der Waals surface area contributed by atoms with Gasteiger partial charge in [0, 0.05) is 34.1 Å². The number of allylic oxidation sites excluding steroid dienone is 2. The zero-order valence-electron chi connectivity index (χ0n) is 12.1. The first-order valence-electron chi connectivity index (χ1n) is 7.61. The third kappa shape index (κ3) is 2.04. The molecule has 0 N–H and O–H groups in total. The smallest absolute Gasteiger partial charge is 0.0455 e. The third-order valence-corrected chi connectivity index (χ3v) is 5.17. The fourth-order valence-electron chi connectivity index (χ4n) is 3.59. The average Bonchev–Trinajstić information content (AvgIpc) is 2.83. The second-order valence-electron chi connectivity index (χ2n) is 5.96. The number of aromatic nitrogens is 1. The van der Waals surface area contributed by atoms with Gasteiger partial charge in [0.2, 0.25) is 0 Å². The topological polar surface area (TPSA) is 4.93 Å². The van der Waals surface area contributed by atoms with Crippen LogP contribution in [0.2, 0.25) is 0 Å². The summed E-state index contributed by atoms with van der Waals surface area (Å²) in [5.41, 5.74) is 7.07. The number of benzene rings is 1. The molecule has 106 valence electrons. The van der Waals surface area contributed by atoms with Gasteiger partial charge in [-0.25, -0.2) is 0 Å². The first kappa shape index (κ1) is 13.1. The lowest BCUT2D eigenvalue weighted by Crippen LogP contribution is -2.09. The highest BCUT2D eigenvalue weighted by atomic mass is 79.9. The van der Waals surface area contributed by atoms with Gasteiger partial charge in [0.05, 0.1) is 0 Å². The van der Waals surface area contributed by atoms with E-state index in [-0.39, 0.29) is 0 Å². The van der Waals surface area contributed by atoms with Gasteiger partial charge in [-0.2, -0.15) is 0 Å². The summed E-state index contributed by atoms with van der Waals surface area (Å²) in [6.07, 6.45) is 10.3. The summed E-state index contributed by atoms with van der Waals surface area (Å²) in [6, 6.07) is 10.8. The van der Waals surface area contributed by atoms with Crippen LogP contribution in [-0.4, -0.2) is 4.57 Å². The van der Waals surface area contributed by atoms with Gasteiger partial charge in [-0.15, -0.1) is 0 Å². The van der Waals surface area contributed by atoms with Gasteiger partial charge in [-0.05, 0) is 42.0 Å². The number of halogens is 1. The van der Waals surface area contributed by atoms with Crippen LogP contribution in [0.4, 0.5) is 0 Å². The molecule has 0 saturated carbocycles. The van der Waals surface area contributed by atoms with Gasteiger partial charge in [-0.3, -0.25) is 0 Å². The minimum Gasteiger partial charge on any atom is -0.316 e. The number of nitrogens with zero attached hydrogens (tertiary/aromatic N) is 1. The minimum absolute atomic E-state index is 0.572. The van der Waals surface area contributed by atoms with Crippen molar-refractivity contribution in [3.63, 3.8) is 0 Å².